The summed E-state index contributed by atoms with van der Waals surface area (Å²) >= 11 is 0. The molecule has 0 aromatic rings. The van der Waals surface area contributed by atoms with Gasteiger partial charge < -0.3 is 19.7 Å². The molecule has 1 aliphatic carbocycles. The number of carboxylic acid groups (broad SMARTS) is 2. The molecule has 0 aromatic heterocycles. The molecule has 6 nitrogen and oxygen atoms in total. The van der Waals surface area contributed by atoms with Crippen molar-refractivity contribution in [1.29, 1.82) is 0 Å². The smallest absolute Gasteiger partial charge is 0.341 e. The topological polar surface area (TPSA) is 93.1 Å². The fourth-order valence-corrected chi connectivity index (χ4v) is 1.65. The Hall–Kier alpha value is -0.950. The SMILES string of the molecule is COC1=CC=CC(OC)(C(=O)O)C1C(=O)O.[Sc]. The summed E-state index contributed by atoms with van der Waals surface area (Å²) in [6, 6.07) is 0. The summed E-state index contributed by atoms with van der Waals surface area (Å²) in [7, 11) is 2.43. The second-order valence-electron chi connectivity index (χ2n) is 3.21. The van der Waals surface area contributed by atoms with Crippen LogP contribution in [0, 0.1) is 5.92 Å². The van der Waals surface area contributed by atoms with Crippen LogP contribution in [0.5, 0.6) is 0 Å². The number of ether oxygens (including phenoxy) is 2. The second-order valence-corrected chi connectivity index (χ2v) is 3.21. The molecule has 0 aliphatic heterocycles. The van der Waals surface area contributed by atoms with Crippen molar-refractivity contribution in [2.24, 2.45) is 5.92 Å². The Kier molecular flexibility index (Phi) is 5.77. The molecular formula is C10H12O6Sc. The van der Waals surface area contributed by atoms with Gasteiger partial charge in [0.15, 0.2) is 5.92 Å². The summed E-state index contributed by atoms with van der Waals surface area (Å²) in [5.74, 6) is -4.05. The van der Waals surface area contributed by atoms with Gasteiger partial charge >= 0.3 is 11.9 Å². The van der Waals surface area contributed by atoms with Crippen molar-refractivity contribution in [3.8, 4) is 0 Å². The maximum atomic E-state index is 11.2. The van der Waals surface area contributed by atoms with Gasteiger partial charge in [-0.1, -0.05) is 6.08 Å². The zero-order valence-corrected chi connectivity index (χ0v) is 11.2. The second kappa shape index (κ2) is 6.11. The first-order valence-electron chi connectivity index (χ1n) is 4.44. The molecule has 1 aliphatic rings. The Bertz CT molecular complexity index is 375. The summed E-state index contributed by atoms with van der Waals surface area (Å²) in [6.45, 7) is 0. The largest absolute Gasteiger partial charge is 0.500 e. The minimum atomic E-state index is -1.92. The van der Waals surface area contributed by atoms with Crippen molar-refractivity contribution in [2.45, 2.75) is 5.60 Å². The molecule has 17 heavy (non-hydrogen) atoms. The number of hydrogen-bond donors (Lipinski definition) is 2. The number of aliphatic carboxylic acids is 2. The van der Waals surface area contributed by atoms with Crippen LogP contribution in [0.25, 0.3) is 0 Å². The predicted octanol–water partition coefficient (Wildman–Crippen LogP) is 0.255. The molecule has 0 aromatic carbocycles. The van der Waals surface area contributed by atoms with Crippen LogP contribution in [0.15, 0.2) is 24.0 Å². The van der Waals surface area contributed by atoms with Crippen LogP contribution < -0.4 is 0 Å². The Morgan fingerprint density at radius 1 is 1.35 bits per heavy atom. The van der Waals surface area contributed by atoms with Crippen LogP contribution in [-0.2, 0) is 44.9 Å². The van der Waals surface area contributed by atoms with E-state index in [-0.39, 0.29) is 31.6 Å². The molecule has 2 N–H and O–H groups in total. The van der Waals surface area contributed by atoms with Gasteiger partial charge in [0.2, 0.25) is 5.60 Å². The molecule has 0 fully saturated rings. The van der Waals surface area contributed by atoms with Crippen molar-refractivity contribution in [1.82, 2.24) is 0 Å². The average molecular weight is 273 g/mol. The summed E-state index contributed by atoms with van der Waals surface area (Å²) in [6.07, 6.45) is 3.99. The minimum Gasteiger partial charge on any atom is -0.500 e. The number of rotatable bonds is 4. The molecule has 0 heterocycles. The molecule has 0 saturated heterocycles. The maximum absolute atomic E-state index is 11.2. The van der Waals surface area contributed by atoms with Gasteiger partial charge in [-0.2, -0.15) is 0 Å². The Morgan fingerprint density at radius 3 is 2.29 bits per heavy atom. The summed E-state index contributed by atoms with van der Waals surface area (Å²) in [5, 5.41) is 18.2. The van der Waals surface area contributed by atoms with Crippen LogP contribution in [-0.4, -0.2) is 42.0 Å². The molecular weight excluding hydrogens is 261 g/mol. The van der Waals surface area contributed by atoms with Crippen molar-refractivity contribution in [3.63, 3.8) is 0 Å². The zero-order valence-electron chi connectivity index (χ0n) is 9.41. The first-order chi connectivity index (χ1) is 7.49. The van der Waals surface area contributed by atoms with E-state index < -0.39 is 23.5 Å². The number of carboxylic acids is 2. The first-order valence-corrected chi connectivity index (χ1v) is 4.44. The van der Waals surface area contributed by atoms with Crippen LogP contribution in [0.3, 0.4) is 0 Å². The van der Waals surface area contributed by atoms with Gasteiger partial charge in [-0.25, -0.2) is 4.79 Å². The summed E-state index contributed by atoms with van der Waals surface area (Å²) in [4.78, 5) is 22.3. The Morgan fingerprint density at radius 2 is 1.94 bits per heavy atom. The maximum Gasteiger partial charge on any atom is 0.341 e. The van der Waals surface area contributed by atoms with E-state index in [2.05, 4.69) is 0 Å². The van der Waals surface area contributed by atoms with Crippen molar-refractivity contribution in [2.75, 3.05) is 14.2 Å². The Balaban J connectivity index is 0.00000256. The molecule has 2 atom stereocenters. The third-order valence-electron chi connectivity index (χ3n) is 2.47. The van der Waals surface area contributed by atoms with Gasteiger partial charge in [0, 0.05) is 33.0 Å². The molecule has 1 radical (unpaired) electrons. The fraction of sp³-hybridized carbons (Fsp3) is 0.400. The summed E-state index contributed by atoms with van der Waals surface area (Å²) < 4.78 is 9.72. The zero-order chi connectivity index (χ0) is 12.3. The van der Waals surface area contributed by atoms with Gasteiger partial charge in [0.25, 0.3) is 0 Å². The summed E-state index contributed by atoms with van der Waals surface area (Å²) in [5.41, 5.74) is -1.92. The number of hydrogen-bond acceptors (Lipinski definition) is 4. The van der Waals surface area contributed by atoms with Crippen molar-refractivity contribution >= 4 is 11.9 Å². The van der Waals surface area contributed by atoms with Crippen molar-refractivity contribution in [3.05, 3.63) is 24.0 Å². The monoisotopic (exact) mass is 273 g/mol. The standard InChI is InChI=1S/C10H12O6.Sc/c1-15-6-4-3-5-10(16-2,9(13)14)7(6)8(11)12;/h3-5,7H,1-2H3,(H,11,12)(H,13,14);. The number of carbonyl (C=O) groups is 2. The van der Waals surface area contributed by atoms with E-state index in [1.807, 2.05) is 0 Å². The normalized spacial score (nSPS) is 26.7. The molecule has 0 saturated carbocycles. The van der Waals surface area contributed by atoms with Gasteiger partial charge in [-0.3, -0.25) is 4.79 Å². The van der Waals surface area contributed by atoms with E-state index in [1.54, 1.807) is 0 Å². The number of allylic oxidation sites excluding steroid dienone is 2. The molecule has 0 spiro atoms. The minimum absolute atomic E-state index is 0. The van der Waals surface area contributed by atoms with E-state index in [9.17, 15) is 9.59 Å². The van der Waals surface area contributed by atoms with Crippen LogP contribution in [0.4, 0.5) is 0 Å². The van der Waals surface area contributed by atoms with E-state index in [1.165, 1.54) is 25.3 Å². The van der Waals surface area contributed by atoms with E-state index in [4.69, 9.17) is 19.7 Å². The van der Waals surface area contributed by atoms with Crippen LogP contribution in [0.1, 0.15) is 0 Å². The molecule has 7 heteroatoms. The molecule has 1 rings (SSSR count). The van der Waals surface area contributed by atoms with Gasteiger partial charge in [0.05, 0.1) is 7.11 Å². The predicted molar refractivity (Wildman–Crippen MR) is 52.7 cm³/mol. The number of methoxy groups -OCH3 is 2. The van der Waals surface area contributed by atoms with Gasteiger partial charge in [0.1, 0.15) is 5.76 Å². The average Bonchev–Trinajstić information content (AvgIpc) is 2.26. The van der Waals surface area contributed by atoms with Gasteiger partial charge in [-0.05, 0) is 12.2 Å². The Labute approximate surface area is 117 Å². The molecule has 0 bridgehead atoms. The van der Waals surface area contributed by atoms with Crippen LogP contribution in [0.2, 0.25) is 0 Å². The fourth-order valence-electron chi connectivity index (χ4n) is 1.65. The third-order valence-corrected chi connectivity index (χ3v) is 2.47. The van der Waals surface area contributed by atoms with E-state index in [0.29, 0.717) is 0 Å². The molecule has 2 unspecified atom stereocenters. The van der Waals surface area contributed by atoms with E-state index in [0.717, 1.165) is 7.11 Å². The van der Waals surface area contributed by atoms with Crippen molar-refractivity contribution < 1.29 is 55.1 Å². The van der Waals surface area contributed by atoms with Gasteiger partial charge in [-0.15, -0.1) is 0 Å². The molecule has 91 valence electrons. The quantitative estimate of drug-likeness (QED) is 0.763. The van der Waals surface area contributed by atoms with Crippen LogP contribution >= 0.6 is 0 Å². The van der Waals surface area contributed by atoms with E-state index >= 15 is 0 Å². The third kappa shape index (κ3) is 2.66. The molecule has 0 amide bonds. The first kappa shape index (κ1) is 16.1.